The summed E-state index contributed by atoms with van der Waals surface area (Å²) in [4.78, 5) is 36.7. The number of hydrogen-bond acceptors (Lipinski definition) is 10. The number of carbonyl (C=O) groups excluding carboxylic acids is 1. The van der Waals surface area contributed by atoms with E-state index in [1.165, 1.54) is 6.07 Å². The highest BCUT2D eigenvalue weighted by Crippen LogP contribution is 2.40. The number of benzene rings is 5. The van der Waals surface area contributed by atoms with Gasteiger partial charge < -0.3 is 39.5 Å². The van der Waals surface area contributed by atoms with E-state index in [2.05, 4.69) is 70.8 Å². The Morgan fingerprint density at radius 1 is 0.776 bits per heavy atom. The van der Waals surface area contributed by atoms with Gasteiger partial charge in [0.2, 0.25) is 0 Å². The molecular formula is C51H58ClN9O4S2. The molecule has 3 N–H and O–H groups in total. The molecule has 0 saturated carbocycles. The van der Waals surface area contributed by atoms with Crippen molar-refractivity contribution in [2.45, 2.75) is 23.1 Å². The first-order valence-corrected chi connectivity index (χ1v) is 25.3. The molecular weight excluding hydrogens is 902 g/mol. The number of nitrogens with one attached hydrogen (secondary N) is 3. The smallest absolute Gasteiger partial charge is 0.293 e. The summed E-state index contributed by atoms with van der Waals surface area (Å²) in [6.45, 7) is 11.6. The van der Waals surface area contributed by atoms with Gasteiger partial charge in [-0.1, -0.05) is 54.1 Å². The number of amides is 1. The van der Waals surface area contributed by atoms with Gasteiger partial charge in [-0.15, -0.1) is 11.8 Å². The SMILES string of the molecule is Cc1c(C(=O)NCCCN2CCN(C)CC2)c(-c2cccc(N3CCN(c4ccc(NS(=O)c5ccc(NCCSc6ccccc6)c([N+](=O)[O-])c5)cc4)CC3)c2)c(-c2ccc(Cl)cc2)n1C. The van der Waals surface area contributed by atoms with Crippen LogP contribution in [0.1, 0.15) is 22.5 Å². The second-order valence-corrected chi connectivity index (χ2v) is 19.8. The zero-order chi connectivity index (χ0) is 46.9. The van der Waals surface area contributed by atoms with Gasteiger partial charge in [-0.2, -0.15) is 0 Å². The van der Waals surface area contributed by atoms with Crippen molar-refractivity contribution in [3.05, 3.63) is 148 Å². The lowest BCUT2D eigenvalue weighted by Gasteiger charge is -2.37. The predicted octanol–water partition coefficient (Wildman–Crippen LogP) is 9.26. The Hall–Kier alpha value is -5.84. The van der Waals surface area contributed by atoms with E-state index in [1.54, 1.807) is 23.9 Å². The topological polar surface area (TPSA) is 131 Å². The molecule has 1 amide bonds. The van der Waals surface area contributed by atoms with E-state index >= 15 is 0 Å². The average molecular weight is 961 g/mol. The molecule has 0 aliphatic carbocycles. The summed E-state index contributed by atoms with van der Waals surface area (Å²) in [6.07, 6.45) is 0.891. The summed E-state index contributed by atoms with van der Waals surface area (Å²) in [5, 5.41) is 19.1. The van der Waals surface area contributed by atoms with Crippen LogP contribution in [-0.2, 0) is 18.0 Å². The Bertz CT molecular complexity index is 2670. The number of nitro groups is 1. The van der Waals surface area contributed by atoms with Crippen molar-refractivity contribution in [2.24, 2.45) is 7.05 Å². The molecule has 5 aromatic carbocycles. The van der Waals surface area contributed by atoms with Crippen molar-refractivity contribution in [2.75, 3.05) is 105 Å². The molecule has 3 heterocycles. The lowest BCUT2D eigenvalue weighted by molar-refractivity contribution is -0.384. The molecule has 67 heavy (non-hydrogen) atoms. The van der Waals surface area contributed by atoms with Crippen LogP contribution in [-0.4, -0.2) is 114 Å². The minimum absolute atomic E-state index is 0.0658. The fraction of sp³-hybridized carbons (Fsp3) is 0.314. The molecule has 2 fully saturated rings. The van der Waals surface area contributed by atoms with Crippen LogP contribution in [0.25, 0.3) is 22.4 Å². The zero-order valence-electron chi connectivity index (χ0n) is 38.3. The van der Waals surface area contributed by atoms with Crippen molar-refractivity contribution in [1.29, 1.82) is 0 Å². The van der Waals surface area contributed by atoms with Gasteiger partial charge in [-0.25, -0.2) is 4.21 Å². The van der Waals surface area contributed by atoms with Crippen molar-refractivity contribution >= 4 is 68.7 Å². The lowest BCUT2D eigenvalue weighted by atomic mass is 9.95. The average Bonchev–Trinajstić information content (AvgIpc) is 3.62. The second kappa shape index (κ2) is 22.3. The highest BCUT2D eigenvalue weighted by atomic mass is 35.5. The standard InChI is InChI=1S/C51H58ClN9O4S2/c1-37-48(51(62)54-23-8-25-58-28-26-56(2)27-29-58)49(50(57(37)3)38-13-15-40(52)16-14-38)39-9-7-10-43(35-39)60-32-30-59(31-33-60)42-19-17-41(18-20-42)55-67(65)45-21-22-46(47(36-45)61(63)64)53-24-34-66-44-11-5-4-6-12-44/h4-7,9-22,35-36,53,55H,8,23-34H2,1-3H3,(H,54,62). The lowest BCUT2D eigenvalue weighted by Crippen LogP contribution is -2.46. The molecule has 8 rings (SSSR count). The molecule has 0 radical (unpaired) electrons. The first-order chi connectivity index (χ1) is 32.5. The predicted molar refractivity (Wildman–Crippen MR) is 277 cm³/mol. The van der Waals surface area contributed by atoms with E-state index in [4.69, 9.17) is 11.6 Å². The first-order valence-electron chi connectivity index (χ1n) is 22.8. The Labute approximate surface area is 405 Å². The minimum Gasteiger partial charge on any atom is -0.379 e. The van der Waals surface area contributed by atoms with Crippen LogP contribution in [0, 0.1) is 17.0 Å². The third kappa shape index (κ3) is 11.8. The number of likely N-dealkylation sites (N-methyl/N-ethyl adjacent to an activating group) is 1. The van der Waals surface area contributed by atoms with E-state index in [0.29, 0.717) is 39.9 Å². The fourth-order valence-corrected chi connectivity index (χ4v) is 10.6. The molecule has 0 spiro atoms. The van der Waals surface area contributed by atoms with Crippen LogP contribution in [0.2, 0.25) is 5.02 Å². The van der Waals surface area contributed by atoms with E-state index < -0.39 is 15.9 Å². The van der Waals surface area contributed by atoms with Gasteiger partial charge in [0, 0.05) is 123 Å². The number of carbonyl (C=O) groups is 1. The third-order valence-corrected chi connectivity index (χ3v) is 15.0. The largest absolute Gasteiger partial charge is 0.379 e. The summed E-state index contributed by atoms with van der Waals surface area (Å²) in [7, 11) is 2.47. The Morgan fingerprint density at radius 3 is 2.18 bits per heavy atom. The number of anilines is 4. The molecule has 350 valence electrons. The van der Waals surface area contributed by atoms with Gasteiger partial charge in [0.15, 0.2) is 11.0 Å². The van der Waals surface area contributed by atoms with Gasteiger partial charge in [0.1, 0.15) is 5.69 Å². The summed E-state index contributed by atoms with van der Waals surface area (Å²) >= 11 is 8.01. The normalized spacial score (nSPS) is 15.0. The van der Waals surface area contributed by atoms with E-state index in [-0.39, 0.29) is 11.6 Å². The van der Waals surface area contributed by atoms with Crippen LogP contribution in [0.15, 0.2) is 131 Å². The summed E-state index contributed by atoms with van der Waals surface area (Å²) < 4.78 is 18.5. The number of piperazine rings is 2. The van der Waals surface area contributed by atoms with E-state index in [0.717, 1.165) is 115 Å². The number of hydrogen-bond donors (Lipinski definition) is 3. The highest BCUT2D eigenvalue weighted by Gasteiger charge is 2.27. The van der Waals surface area contributed by atoms with Crippen LogP contribution in [0.3, 0.4) is 0 Å². The highest BCUT2D eigenvalue weighted by molar-refractivity contribution is 7.99. The van der Waals surface area contributed by atoms with Crippen molar-refractivity contribution in [3.8, 4) is 22.4 Å². The fourth-order valence-electron chi connectivity index (χ4n) is 8.76. The number of nitro benzene ring substituents is 1. The van der Waals surface area contributed by atoms with Gasteiger partial charge in [-0.05, 0) is 111 Å². The van der Waals surface area contributed by atoms with Gasteiger partial charge >= 0.3 is 0 Å². The minimum atomic E-state index is -1.72. The third-order valence-electron chi connectivity index (χ3n) is 12.6. The van der Waals surface area contributed by atoms with Crippen LogP contribution < -0.4 is 25.2 Å². The molecule has 6 aromatic rings. The molecule has 1 aromatic heterocycles. The Morgan fingerprint density at radius 2 is 1.48 bits per heavy atom. The van der Waals surface area contributed by atoms with Crippen LogP contribution in [0.4, 0.5) is 28.4 Å². The monoisotopic (exact) mass is 959 g/mol. The van der Waals surface area contributed by atoms with Gasteiger partial charge in [0.25, 0.3) is 11.6 Å². The van der Waals surface area contributed by atoms with Crippen molar-refractivity contribution < 1.29 is 13.9 Å². The zero-order valence-corrected chi connectivity index (χ0v) is 40.6. The van der Waals surface area contributed by atoms with Crippen LogP contribution in [0.5, 0.6) is 0 Å². The molecule has 2 aliphatic rings. The maximum atomic E-state index is 14.2. The number of nitrogens with zero attached hydrogens (tertiary/aromatic N) is 6. The number of thioether (sulfide) groups is 1. The van der Waals surface area contributed by atoms with Crippen molar-refractivity contribution in [3.63, 3.8) is 0 Å². The molecule has 0 bridgehead atoms. The van der Waals surface area contributed by atoms with E-state index in [1.807, 2.05) is 92.8 Å². The summed E-state index contributed by atoms with van der Waals surface area (Å²) in [5.41, 5.74) is 8.49. The summed E-state index contributed by atoms with van der Waals surface area (Å²) in [5.74, 6) is 0.669. The second-order valence-electron chi connectivity index (χ2n) is 17.0. The molecule has 13 nitrogen and oxygen atoms in total. The molecule has 2 aliphatic heterocycles. The number of rotatable bonds is 18. The van der Waals surface area contributed by atoms with Gasteiger partial charge in [-0.3, -0.25) is 14.9 Å². The number of halogens is 1. The van der Waals surface area contributed by atoms with E-state index in [9.17, 15) is 19.1 Å². The number of aromatic nitrogens is 1. The van der Waals surface area contributed by atoms with Crippen molar-refractivity contribution in [1.82, 2.24) is 19.7 Å². The van der Waals surface area contributed by atoms with Crippen LogP contribution >= 0.6 is 23.4 Å². The maximum absolute atomic E-state index is 14.2. The quantitative estimate of drug-likeness (QED) is 0.0332. The Balaban J connectivity index is 0.901. The molecule has 1 atom stereocenters. The molecule has 2 saturated heterocycles. The summed E-state index contributed by atoms with van der Waals surface area (Å²) in [6, 6.07) is 38.8. The Kier molecular flexibility index (Phi) is 15.9. The molecule has 1 unspecified atom stereocenters. The first kappa shape index (κ1) is 47.6. The maximum Gasteiger partial charge on any atom is 0.293 e. The van der Waals surface area contributed by atoms with Gasteiger partial charge in [0.05, 0.1) is 21.1 Å². The molecule has 16 heteroatoms.